The average Bonchev–Trinajstić information content (AvgIpc) is 2.02. The Bertz CT molecular complexity index is 170. The molecule has 4 N–H and O–H groups in total. The van der Waals surface area contributed by atoms with Crippen molar-refractivity contribution in [1.82, 2.24) is 5.32 Å². The van der Waals surface area contributed by atoms with Gasteiger partial charge in [0.2, 0.25) is 0 Å². The molecule has 5 heteroatoms. The molecule has 0 aliphatic carbocycles. The molecule has 0 aliphatic rings. The maximum atomic E-state index is 10.3. The van der Waals surface area contributed by atoms with E-state index < -0.39 is 12.1 Å². The molecule has 1 amide bonds. The summed E-state index contributed by atoms with van der Waals surface area (Å²) in [5, 5.41) is 28.3. The van der Waals surface area contributed by atoms with Gasteiger partial charge in [0, 0.05) is 6.61 Å². The van der Waals surface area contributed by atoms with Crippen molar-refractivity contribution in [2.45, 2.75) is 26.3 Å². The third-order valence-corrected chi connectivity index (χ3v) is 1.78. The van der Waals surface area contributed by atoms with Gasteiger partial charge in [-0.25, -0.2) is 4.79 Å². The van der Waals surface area contributed by atoms with Gasteiger partial charge in [-0.3, -0.25) is 0 Å². The van der Waals surface area contributed by atoms with Crippen molar-refractivity contribution in [3.63, 3.8) is 0 Å². The molecule has 0 aromatic heterocycles. The van der Waals surface area contributed by atoms with Gasteiger partial charge in [0.15, 0.2) is 0 Å². The number of rotatable bonds is 5. The fraction of sp³-hybridized carbons (Fsp3) is 0.875. The molecule has 1 unspecified atom stereocenters. The Kier molecular flexibility index (Phi) is 4.72. The first-order chi connectivity index (χ1) is 5.91. The summed E-state index contributed by atoms with van der Waals surface area (Å²) in [5.74, 6) is 0. The molecule has 1 atom stereocenters. The van der Waals surface area contributed by atoms with Gasteiger partial charge >= 0.3 is 6.09 Å². The van der Waals surface area contributed by atoms with Gasteiger partial charge in [-0.15, -0.1) is 0 Å². The van der Waals surface area contributed by atoms with E-state index in [1.54, 1.807) is 13.8 Å². The van der Waals surface area contributed by atoms with Crippen LogP contribution < -0.4 is 5.32 Å². The number of aliphatic hydroxyl groups excluding tert-OH is 2. The minimum Gasteiger partial charge on any atom is -0.465 e. The first kappa shape index (κ1) is 12.2. The lowest BCUT2D eigenvalue weighted by Gasteiger charge is -2.26. The predicted molar refractivity (Wildman–Crippen MR) is 47.5 cm³/mol. The van der Waals surface area contributed by atoms with Gasteiger partial charge < -0.3 is 20.6 Å². The van der Waals surface area contributed by atoms with Crippen LogP contribution in [0.4, 0.5) is 4.79 Å². The topological polar surface area (TPSA) is 89.8 Å². The molecular weight excluding hydrogens is 174 g/mol. The van der Waals surface area contributed by atoms with E-state index in [0.29, 0.717) is 6.42 Å². The highest BCUT2D eigenvalue weighted by Gasteiger charge is 2.23. The highest BCUT2D eigenvalue weighted by atomic mass is 16.4. The standard InChI is InChI=1S/C8H17NO4/c1-8(2,5-11)3-6(4-10)9-7(12)13/h6,9-11H,3-5H2,1-2H3,(H,12,13). The zero-order chi connectivity index (χ0) is 10.5. The minimum atomic E-state index is -1.16. The fourth-order valence-electron chi connectivity index (χ4n) is 1.07. The number of carboxylic acid groups (broad SMARTS) is 1. The van der Waals surface area contributed by atoms with Crippen molar-refractivity contribution in [3.05, 3.63) is 0 Å². The lowest BCUT2D eigenvalue weighted by atomic mass is 9.87. The average molecular weight is 191 g/mol. The molecule has 0 heterocycles. The summed E-state index contributed by atoms with van der Waals surface area (Å²) in [5.41, 5.74) is -0.379. The van der Waals surface area contributed by atoms with Crippen molar-refractivity contribution < 1.29 is 20.1 Å². The van der Waals surface area contributed by atoms with Crippen LogP contribution >= 0.6 is 0 Å². The molecule has 0 radical (unpaired) electrons. The van der Waals surface area contributed by atoms with Crippen molar-refractivity contribution in [2.75, 3.05) is 13.2 Å². The Hall–Kier alpha value is -0.810. The zero-order valence-corrected chi connectivity index (χ0v) is 7.95. The molecule has 13 heavy (non-hydrogen) atoms. The van der Waals surface area contributed by atoms with Crippen LogP contribution in [-0.2, 0) is 0 Å². The number of amides is 1. The second kappa shape index (κ2) is 5.04. The minimum absolute atomic E-state index is 0.0369. The van der Waals surface area contributed by atoms with Crippen molar-refractivity contribution >= 4 is 6.09 Å². The highest BCUT2D eigenvalue weighted by molar-refractivity contribution is 5.64. The Labute approximate surface area is 77.4 Å². The van der Waals surface area contributed by atoms with Crippen LogP contribution in [0.1, 0.15) is 20.3 Å². The van der Waals surface area contributed by atoms with Gasteiger partial charge in [0.1, 0.15) is 0 Å². The second-order valence-corrected chi connectivity index (χ2v) is 3.86. The van der Waals surface area contributed by atoms with Crippen LogP contribution in [-0.4, -0.2) is 40.7 Å². The molecule has 0 rings (SSSR count). The van der Waals surface area contributed by atoms with E-state index in [9.17, 15) is 4.79 Å². The number of hydrogen-bond donors (Lipinski definition) is 4. The Morgan fingerprint density at radius 1 is 1.46 bits per heavy atom. The Morgan fingerprint density at radius 2 is 2.00 bits per heavy atom. The maximum Gasteiger partial charge on any atom is 0.404 e. The summed E-state index contributed by atoms with van der Waals surface area (Å²) < 4.78 is 0. The number of carbonyl (C=O) groups is 1. The third-order valence-electron chi connectivity index (χ3n) is 1.78. The monoisotopic (exact) mass is 191 g/mol. The van der Waals surface area contributed by atoms with Gasteiger partial charge in [0.25, 0.3) is 0 Å². The molecule has 0 aromatic carbocycles. The molecule has 0 saturated carbocycles. The molecule has 0 spiro atoms. The summed E-state index contributed by atoms with van der Waals surface area (Å²) in [6.07, 6.45) is -0.750. The Balaban J connectivity index is 4.04. The van der Waals surface area contributed by atoms with Crippen LogP contribution in [0.3, 0.4) is 0 Å². The highest BCUT2D eigenvalue weighted by Crippen LogP contribution is 2.20. The van der Waals surface area contributed by atoms with Gasteiger partial charge in [-0.2, -0.15) is 0 Å². The van der Waals surface area contributed by atoms with Gasteiger partial charge in [0.05, 0.1) is 12.6 Å². The molecule has 0 fully saturated rings. The first-order valence-corrected chi connectivity index (χ1v) is 4.12. The van der Waals surface area contributed by atoms with Crippen molar-refractivity contribution in [1.29, 1.82) is 0 Å². The molecule has 78 valence electrons. The second-order valence-electron chi connectivity index (χ2n) is 3.86. The van der Waals surface area contributed by atoms with E-state index in [0.717, 1.165) is 0 Å². The fourth-order valence-corrected chi connectivity index (χ4v) is 1.07. The summed E-state index contributed by atoms with van der Waals surface area (Å²) >= 11 is 0. The molecule has 0 aromatic rings. The SMILES string of the molecule is CC(C)(CO)CC(CO)NC(=O)O. The predicted octanol–water partition coefficient (Wildman–Crippen LogP) is 0.0235. The third kappa shape index (κ3) is 5.43. The van der Waals surface area contributed by atoms with E-state index in [-0.39, 0.29) is 18.6 Å². The number of nitrogens with one attached hydrogen (secondary N) is 1. The van der Waals surface area contributed by atoms with Crippen LogP contribution in [0.5, 0.6) is 0 Å². The lowest BCUT2D eigenvalue weighted by molar-refractivity contribution is 0.115. The molecule has 0 aliphatic heterocycles. The summed E-state index contributed by atoms with van der Waals surface area (Å²) in [6.45, 7) is 3.32. The molecule has 0 saturated heterocycles. The quantitative estimate of drug-likeness (QED) is 0.493. The van der Waals surface area contributed by atoms with Gasteiger partial charge in [-0.1, -0.05) is 13.8 Å². The molecular formula is C8H17NO4. The van der Waals surface area contributed by atoms with E-state index in [1.807, 2.05) is 0 Å². The van der Waals surface area contributed by atoms with Crippen LogP contribution in [0, 0.1) is 5.41 Å². The van der Waals surface area contributed by atoms with Crippen molar-refractivity contribution in [2.24, 2.45) is 5.41 Å². The van der Waals surface area contributed by atoms with Crippen molar-refractivity contribution in [3.8, 4) is 0 Å². The van der Waals surface area contributed by atoms with E-state index >= 15 is 0 Å². The number of aliphatic hydroxyl groups is 2. The lowest BCUT2D eigenvalue weighted by Crippen LogP contribution is -2.40. The molecule has 0 bridgehead atoms. The molecule has 5 nitrogen and oxygen atoms in total. The number of hydrogen-bond acceptors (Lipinski definition) is 3. The first-order valence-electron chi connectivity index (χ1n) is 4.12. The largest absolute Gasteiger partial charge is 0.465 e. The van der Waals surface area contributed by atoms with E-state index in [1.165, 1.54) is 0 Å². The summed E-state index contributed by atoms with van der Waals surface area (Å²) in [4.78, 5) is 10.3. The maximum absolute atomic E-state index is 10.3. The van der Waals surface area contributed by atoms with Crippen LogP contribution in [0.2, 0.25) is 0 Å². The van der Waals surface area contributed by atoms with Crippen LogP contribution in [0.25, 0.3) is 0 Å². The normalized spacial score (nSPS) is 13.8. The smallest absolute Gasteiger partial charge is 0.404 e. The van der Waals surface area contributed by atoms with E-state index in [4.69, 9.17) is 15.3 Å². The Morgan fingerprint density at radius 3 is 2.31 bits per heavy atom. The van der Waals surface area contributed by atoms with Gasteiger partial charge in [-0.05, 0) is 11.8 Å². The van der Waals surface area contributed by atoms with E-state index in [2.05, 4.69) is 5.32 Å². The summed E-state index contributed by atoms with van der Waals surface area (Å²) in [7, 11) is 0. The zero-order valence-electron chi connectivity index (χ0n) is 7.95. The summed E-state index contributed by atoms with van der Waals surface area (Å²) in [6, 6.07) is -0.514. The van der Waals surface area contributed by atoms with Crippen LogP contribution in [0.15, 0.2) is 0 Å².